The number of thioether (sulfide) groups is 1. The number of benzene rings is 2. The molecule has 4 nitrogen and oxygen atoms in total. The van der Waals surface area contributed by atoms with Crippen LogP contribution >= 0.6 is 27.7 Å². The molecule has 0 unspecified atom stereocenters. The molecule has 6 heteroatoms. The Morgan fingerprint density at radius 3 is 2.54 bits per heavy atom. The van der Waals surface area contributed by atoms with Gasteiger partial charge < -0.3 is 9.88 Å². The molecular weight excluding hydrogens is 434 g/mol. The molecular formula is C22H18BrN3OS. The molecule has 4 rings (SSSR count). The Kier molecular flexibility index (Phi) is 5.24. The number of carbonyl (C=O) groups is 1. The van der Waals surface area contributed by atoms with Crippen molar-refractivity contribution in [2.24, 2.45) is 4.99 Å². The number of nitrogens with one attached hydrogen (secondary N) is 1. The Morgan fingerprint density at radius 2 is 1.79 bits per heavy atom. The fraction of sp³-hybridized carbons (Fsp3) is 0.0909. The highest BCUT2D eigenvalue weighted by Crippen LogP contribution is 2.31. The highest BCUT2D eigenvalue weighted by Gasteiger charge is 2.24. The summed E-state index contributed by atoms with van der Waals surface area (Å²) in [7, 11) is 0. The van der Waals surface area contributed by atoms with Crippen LogP contribution < -0.4 is 5.32 Å². The van der Waals surface area contributed by atoms with E-state index < -0.39 is 0 Å². The molecule has 1 amide bonds. The first-order valence-corrected chi connectivity index (χ1v) is 10.4. The molecule has 2 heterocycles. The number of halogens is 1. The van der Waals surface area contributed by atoms with Gasteiger partial charge in [-0.25, -0.2) is 4.99 Å². The third-order valence-electron chi connectivity index (χ3n) is 4.49. The first-order chi connectivity index (χ1) is 13.5. The first-order valence-electron chi connectivity index (χ1n) is 8.81. The Bertz CT molecular complexity index is 1120. The van der Waals surface area contributed by atoms with Crippen LogP contribution in [-0.4, -0.2) is 15.6 Å². The van der Waals surface area contributed by atoms with Gasteiger partial charge in [-0.1, -0.05) is 30.3 Å². The Labute approximate surface area is 176 Å². The quantitative estimate of drug-likeness (QED) is 0.515. The zero-order chi connectivity index (χ0) is 19.7. The van der Waals surface area contributed by atoms with Crippen molar-refractivity contribution in [2.45, 2.75) is 13.8 Å². The molecule has 1 saturated heterocycles. The van der Waals surface area contributed by atoms with E-state index in [-0.39, 0.29) is 5.91 Å². The Hall–Kier alpha value is -2.57. The van der Waals surface area contributed by atoms with Gasteiger partial charge in [0.2, 0.25) is 0 Å². The van der Waals surface area contributed by atoms with Crippen molar-refractivity contribution in [2.75, 3.05) is 0 Å². The van der Waals surface area contributed by atoms with Crippen molar-refractivity contribution in [3.63, 3.8) is 0 Å². The van der Waals surface area contributed by atoms with Crippen LogP contribution in [0.4, 0.5) is 5.69 Å². The number of aliphatic imine (C=N–C) groups is 1. The third-order valence-corrected chi connectivity index (χ3v) is 6.07. The lowest BCUT2D eigenvalue weighted by molar-refractivity contribution is -0.115. The SMILES string of the molecule is Cc1cc(/C=C2/SC(=Nc3ccccc3)NC2=O)c(C)n1-c1ccccc1Br. The van der Waals surface area contributed by atoms with Crippen LogP contribution in [0.5, 0.6) is 0 Å². The number of hydrogen-bond acceptors (Lipinski definition) is 3. The predicted molar refractivity (Wildman–Crippen MR) is 120 cm³/mol. The van der Waals surface area contributed by atoms with Crippen LogP contribution in [0.15, 0.2) is 75.0 Å². The van der Waals surface area contributed by atoms with Crippen molar-refractivity contribution < 1.29 is 4.79 Å². The van der Waals surface area contributed by atoms with E-state index in [1.165, 1.54) is 11.8 Å². The summed E-state index contributed by atoms with van der Waals surface area (Å²) in [5.74, 6) is -0.120. The Balaban J connectivity index is 1.67. The Morgan fingerprint density at radius 1 is 1.07 bits per heavy atom. The van der Waals surface area contributed by atoms with E-state index in [1.54, 1.807) is 0 Å². The second kappa shape index (κ2) is 7.81. The molecule has 1 N–H and O–H groups in total. The van der Waals surface area contributed by atoms with Gasteiger partial charge in [0.15, 0.2) is 5.17 Å². The summed E-state index contributed by atoms with van der Waals surface area (Å²) in [6, 6.07) is 19.8. The average Bonchev–Trinajstić information content (AvgIpc) is 3.15. The van der Waals surface area contributed by atoms with Crippen molar-refractivity contribution in [1.29, 1.82) is 0 Å². The zero-order valence-electron chi connectivity index (χ0n) is 15.4. The second-order valence-electron chi connectivity index (χ2n) is 6.43. The van der Waals surface area contributed by atoms with Gasteiger partial charge in [0, 0.05) is 15.9 Å². The molecule has 1 aromatic heterocycles. The first kappa shape index (κ1) is 18.8. The van der Waals surface area contributed by atoms with E-state index >= 15 is 0 Å². The minimum atomic E-state index is -0.120. The third kappa shape index (κ3) is 3.70. The maximum atomic E-state index is 12.4. The van der Waals surface area contributed by atoms with Gasteiger partial charge in [0.1, 0.15) is 0 Å². The number of aromatic nitrogens is 1. The zero-order valence-corrected chi connectivity index (χ0v) is 17.8. The van der Waals surface area contributed by atoms with Crippen LogP contribution in [0.25, 0.3) is 11.8 Å². The lowest BCUT2D eigenvalue weighted by Gasteiger charge is -2.11. The lowest BCUT2D eigenvalue weighted by atomic mass is 10.2. The van der Waals surface area contributed by atoms with Gasteiger partial charge in [0.25, 0.3) is 5.91 Å². The van der Waals surface area contributed by atoms with Crippen molar-refractivity contribution in [3.05, 3.63) is 87.0 Å². The minimum Gasteiger partial charge on any atom is -0.317 e. The highest BCUT2D eigenvalue weighted by atomic mass is 79.9. The molecule has 1 aliphatic heterocycles. The molecule has 140 valence electrons. The number of amidine groups is 1. The summed E-state index contributed by atoms with van der Waals surface area (Å²) in [6.07, 6.45) is 1.93. The molecule has 1 aliphatic rings. The van der Waals surface area contributed by atoms with Gasteiger partial charge in [0.05, 0.1) is 16.3 Å². The molecule has 1 fully saturated rings. The van der Waals surface area contributed by atoms with Gasteiger partial charge in [-0.05, 0) is 83.5 Å². The monoisotopic (exact) mass is 451 g/mol. The van der Waals surface area contributed by atoms with E-state index in [2.05, 4.69) is 56.8 Å². The number of hydrogen-bond donors (Lipinski definition) is 1. The molecule has 28 heavy (non-hydrogen) atoms. The summed E-state index contributed by atoms with van der Waals surface area (Å²) in [5, 5.41) is 3.44. The van der Waals surface area contributed by atoms with Crippen molar-refractivity contribution in [1.82, 2.24) is 9.88 Å². The largest absolute Gasteiger partial charge is 0.317 e. The molecule has 0 atom stereocenters. The van der Waals surface area contributed by atoms with E-state index in [1.807, 2.05) is 54.6 Å². The van der Waals surface area contributed by atoms with Crippen LogP contribution in [0.3, 0.4) is 0 Å². The number of nitrogens with zero attached hydrogens (tertiary/aromatic N) is 2. The summed E-state index contributed by atoms with van der Waals surface area (Å²) >= 11 is 4.99. The molecule has 3 aromatic rings. The number of carbonyl (C=O) groups excluding carboxylic acids is 1. The molecule has 0 saturated carbocycles. The molecule has 0 aliphatic carbocycles. The van der Waals surface area contributed by atoms with E-state index in [9.17, 15) is 4.79 Å². The highest BCUT2D eigenvalue weighted by molar-refractivity contribution is 9.10. The predicted octanol–water partition coefficient (Wildman–Crippen LogP) is 5.75. The van der Waals surface area contributed by atoms with Crippen LogP contribution in [0.1, 0.15) is 17.0 Å². The summed E-state index contributed by atoms with van der Waals surface area (Å²) in [4.78, 5) is 17.6. The fourth-order valence-electron chi connectivity index (χ4n) is 3.18. The number of aryl methyl sites for hydroxylation is 1. The normalized spacial score (nSPS) is 16.8. The minimum absolute atomic E-state index is 0.120. The number of para-hydroxylation sites is 2. The molecule has 0 radical (unpaired) electrons. The lowest BCUT2D eigenvalue weighted by Crippen LogP contribution is -2.19. The van der Waals surface area contributed by atoms with Crippen LogP contribution in [0.2, 0.25) is 0 Å². The summed E-state index contributed by atoms with van der Waals surface area (Å²) < 4.78 is 3.22. The average molecular weight is 452 g/mol. The van der Waals surface area contributed by atoms with E-state index in [0.29, 0.717) is 10.1 Å². The van der Waals surface area contributed by atoms with E-state index in [0.717, 1.165) is 32.8 Å². The van der Waals surface area contributed by atoms with E-state index in [4.69, 9.17) is 0 Å². The van der Waals surface area contributed by atoms with Crippen LogP contribution in [-0.2, 0) is 4.79 Å². The van der Waals surface area contributed by atoms with Crippen LogP contribution in [0, 0.1) is 13.8 Å². The van der Waals surface area contributed by atoms with Crippen molar-refractivity contribution in [3.8, 4) is 5.69 Å². The second-order valence-corrected chi connectivity index (χ2v) is 8.32. The number of rotatable bonds is 3. The maximum Gasteiger partial charge on any atom is 0.264 e. The van der Waals surface area contributed by atoms with Gasteiger partial charge in [-0.3, -0.25) is 4.79 Å². The maximum absolute atomic E-state index is 12.4. The molecule has 0 bridgehead atoms. The molecule has 0 spiro atoms. The smallest absolute Gasteiger partial charge is 0.264 e. The standard InChI is InChI=1S/C22H18BrN3OS/c1-14-12-16(15(2)26(14)19-11-7-6-10-18(19)23)13-20-21(27)25-22(28-20)24-17-8-4-3-5-9-17/h3-13H,1-2H3,(H,24,25,27)/b20-13+. The summed E-state index contributed by atoms with van der Waals surface area (Å²) in [6.45, 7) is 4.13. The fourth-order valence-corrected chi connectivity index (χ4v) is 4.47. The summed E-state index contributed by atoms with van der Waals surface area (Å²) in [5.41, 5.74) is 5.11. The number of amides is 1. The van der Waals surface area contributed by atoms with Crippen molar-refractivity contribution >= 4 is 50.5 Å². The molecule has 2 aromatic carbocycles. The van der Waals surface area contributed by atoms with Gasteiger partial charge in [-0.2, -0.15) is 0 Å². The van der Waals surface area contributed by atoms with Gasteiger partial charge >= 0.3 is 0 Å². The van der Waals surface area contributed by atoms with Gasteiger partial charge in [-0.15, -0.1) is 0 Å². The topological polar surface area (TPSA) is 46.4 Å².